The van der Waals surface area contributed by atoms with Crippen LogP contribution in [0.2, 0.25) is 0 Å². The average Bonchev–Trinajstić information content (AvgIpc) is 2.76. The number of hydrogen-bond donors (Lipinski definition) is 1. The molecule has 1 fully saturated rings. The predicted octanol–water partition coefficient (Wildman–Crippen LogP) is 2.44. The largest absolute Gasteiger partial charge is 0.469 e. The molecule has 2 N–H and O–H groups in total. The fourth-order valence-electron chi connectivity index (χ4n) is 1.95. The van der Waals surface area contributed by atoms with Gasteiger partial charge in [0.1, 0.15) is 5.76 Å². The second kappa shape index (κ2) is 3.99. The molecule has 14 heavy (non-hydrogen) atoms. The molecule has 2 nitrogen and oxygen atoms in total. The van der Waals surface area contributed by atoms with Crippen molar-refractivity contribution < 1.29 is 4.42 Å². The molecule has 78 valence electrons. The summed E-state index contributed by atoms with van der Waals surface area (Å²) in [6.07, 6.45) is 5.11. The molecule has 1 aromatic rings. The van der Waals surface area contributed by atoms with E-state index in [0.29, 0.717) is 0 Å². The summed E-state index contributed by atoms with van der Waals surface area (Å²) in [5.41, 5.74) is 6.22. The molecule has 0 aromatic carbocycles. The minimum absolute atomic E-state index is 0.209. The quantitative estimate of drug-likeness (QED) is 0.834. The van der Waals surface area contributed by atoms with Crippen LogP contribution in [0.4, 0.5) is 0 Å². The number of rotatable bonds is 3. The molecule has 2 atom stereocenters. The Bertz CT molecular complexity index is 277. The zero-order valence-electron chi connectivity index (χ0n) is 8.53. The van der Waals surface area contributed by atoms with Crippen LogP contribution in [0.15, 0.2) is 22.8 Å². The average molecular weight is 211 g/mol. The molecule has 0 amide bonds. The van der Waals surface area contributed by atoms with Gasteiger partial charge in [-0.15, -0.1) is 0 Å². The predicted molar refractivity (Wildman–Crippen MR) is 60.5 cm³/mol. The first-order valence-electron chi connectivity index (χ1n) is 5.13. The minimum atomic E-state index is 0.209. The highest BCUT2D eigenvalue weighted by Crippen LogP contribution is 2.40. The van der Waals surface area contributed by atoms with Crippen LogP contribution in [0.5, 0.6) is 0 Å². The first kappa shape index (κ1) is 10.1. The maximum Gasteiger partial charge on any atom is 0.105 e. The molecule has 1 saturated heterocycles. The Kier molecular flexibility index (Phi) is 2.88. The lowest BCUT2D eigenvalue weighted by Gasteiger charge is -2.29. The van der Waals surface area contributed by atoms with Gasteiger partial charge in [-0.1, -0.05) is 0 Å². The summed E-state index contributed by atoms with van der Waals surface area (Å²) < 4.78 is 5.58. The Morgan fingerprint density at radius 2 is 2.57 bits per heavy atom. The van der Waals surface area contributed by atoms with Crippen LogP contribution in [0.25, 0.3) is 0 Å². The van der Waals surface area contributed by atoms with Crippen molar-refractivity contribution in [2.75, 3.05) is 5.75 Å². The third-order valence-corrected chi connectivity index (χ3v) is 4.69. The van der Waals surface area contributed by atoms with Gasteiger partial charge in [0.25, 0.3) is 0 Å². The molecule has 1 aliphatic rings. The monoisotopic (exact) mass is 211 g/mol. The molecule has 3 heteroatoms. The Hall–Kier alpha value is -0.410. The van der Waals surface area contributed by atoms with E-state index >= 15 is 0 Å². The van der Waals surface area contributed by atoms with Crippen LogP contribution >= 0.6 is 11.8 Å². The fourth-order valence-corrected chi connectivity index (χ4v) is 3.30. The molecule has 2 rings (SSSR count). The maximum atomic E-state index is 6.22. The van der Waals surface area contributed by atoms with Gasteiger partial charge in [0.05, 0.1) is 6.26 Å². The van der Waals surface area contributed by atoms with Crippen molar-refractivity contribution in [3.63, 3.8) is 0 Å². The second-order valence-corrected chi connectivity index (χ2v) is 5.78. The molecular formula is C11H17NOS. The SMILES string of the molecule is CC1(C(N)Cc2ccco2)CCCS1. The summed E-state index contributed by atoms with van der Waals surface area (Å²) in [6, 6.07) is 4.14. The van der Waals surface area contributed by atoms with E-state index in [1.54, 1.807) is 6.26 Å². The van der Waals surface area contributed by atoms with Gasteiger partial charge in [0.2, 0.25) is 0 Å². The molecular weight excluding hydrogens is 194 g/mol. The highest BCUT2D eigenvalue weighted by molar-refractivity contribution is 8.00. The van der Waals surface area contributed by atoms with Crippen molar-refractivity contribution in [2.24, 2.45) is 5.73 Å². The van der Waals surface area contributed by atoms with Crippen LogP contribution < -0.4 is 5.73 Å². The van der Waals surface area contributed by atoms with Crippen molar-refractivity contribution in [3.05, 3.63) is 24.2 Å². The normalized spacial score (nSPS) is 29.3. The van der Waals surface area contributed by atoms with E-state index < -0.39 is 0 Å². The summed E-state index contributed by atoms with van der Waals surface area (Å²) in [5, 5.41) is 0. The van der Waals surface area contributed by atoms with E-state index in [0.717, 1.165) is 12.2 Å². The zero-order valence-corrected chi connectivity index (χ0v) is 9.35. The molecule has 0 radical (unpaired) electrons. The van der Waals surface area contributed by atoms with Crippen molar-refractivity contribution in [1.82, 2.24) is 0 Å². The van der Waals surface area contributed by atoms with Crippen molar-refractivity contribution in [3.8, 4) is 0 Å². The van der Waals surface area contributed by atoms with Crippen LogP contribution in [-0.2, 0) is 6.42 Å². The molecule has 2 heterocycles. The highest BCUT2D eigenvalue weighted by Gasteiger charge is 2.35. The number of nitrogens with two attached hydrogens (primary N) is 1. The van der Waals surface area contributed by atoms with Gasteiger partial charge in [0.15, 0.2) is 0 Å². The third-order valence-electron chi connectivity index (χ3n) is 3.03. The Balaban J connectivity index is 1.98. The molecule has 1 aromatic heterocycles. The Morgan fingerprint density at radius 3 is 3.14 bits per heavy atom. The topological polar surface area (TPSA) is 39.2 Å². The zero-order chi connectivity index (χ0) is 10.0. The lowest BCUT2D eigenvalue weighted by Crippen LogP contribution is -2.42. The lowest BCUT2D eigenvalue weighted by molar-refractivity contribution is 0.430. The smallest absolute Gasteiger partial charge is 0.105 e. The molecule has 0 bridgehead atoms. The van der Waals surface area contributed by atoms with Gasteiger partial charge in [-0.25, -0.2) is 0 Å². The van der Waals surface area contributed by atoms with E-state index in [1.807, 2.05) is 23.9 Å². The summed E-state index contributed by atoms with van der Waals surface area (Å²) in [6.45, 7) is 2.28. The van der Waals surface area contributed by atoms with Gasteiger partial charge < -0.3 is 10.2 Å². The summed E-state index contributed by atoms with van der Waals surface area (Å²) in [7, 11) is 0. The summed E-state index contributed by atoms with van der Waals surface area (Å²) in [4.78, 5) is 0. The second-order valence-electron chi connectivity index (χ2n) is 4.15. The molecule has 0 spiro atoms. The first-order valence-corrected chi connectivity index (χ1v) is 6.11. The van der Waals surface area contributed by atoms with Crippen LogP contribution in [0, 0.1) is 0 Å². The van der Waals surface area contributed by atoms with Crippen LogP contribution in [0.1, 0.15) is 25.5 Å². The minimum Gasteiger partial charge on any atom is -0.469 e. The van der Waals surface area contributed by atoms with E-state index in [-0.39, 0.29) is 10.8 Å². The van der Waals surface area contributed by atoms with Crippen molar-refractivity contribution >= 4 is 11.8 Å². The summed E-state index contributed by atoms with van der Waals surface area (Å²) in [5.74, 6) is 2.26. The van der Waals surface area contributed by atoms with Gasteiger partial charge in [-0.3, -0.25) is 0 Å². The molecule has 0 saturated carbocycles. The van der Waals surface area contributed by atoms with Crippen LogP contribution in [-0.4, -0.2) is 16.5 Å². The van der Waals surface area contributed by atoms with Gasteiger partial charge in [-0.2, -0.15) is 11.8 Å². The van der Waals surface area contributed by atoms with E-state index in [1.165, 1.54) is 18.6 Å². The first-order chi connectivity index (χ1) is 6.71. The van der Waals surface area contributed by atoms with E-state index in [9.17, 15) is 0 Å². The van der Waals surface area contributed by atoms with Gasteiger partial charge in [-0.05, 0) is 37.7 Å². The van der Waals surface area contributed by atoms with Gasteiger partial charge >= 0.3 is 0 Å². The number of thioether (sulfide) groups is 1. The lowest BCUT2D eigenvalue weighted by atomic mass is 9.94. The number of hydrogen-bond acceptors (Lipinski definition) is 3. The Labute approximate surface area is 89.2 Å². The number of furan rings is 1. The third kappa shape index (κ3) is 1.98. The molecule has 0 aliphatic carbocycles. The highest BCUT2D eigenvalue weighted by atomic mass is 32.2. The maximum absolute atomic E-state index is 6.22. The standard InChI is InChI=1S/C11H17NOS/c1-11(5-3-7-14-11)10(12)8-9-4-2-6-13-9/h2,4,6,10H,3,5,7-8,12H2,1H3. The van der Waals surface area contributed by atoms with E-state index in [2.05, 4.69) is 6.92 Å². The van der Waals surface area contributed by atoms with E-state index in [4.69, 9.17) is 10.2 Å². The molecule has 2 unspecified atom stereocenters. The van der Waals surface area contributed by atoms with Crippen molar-refractivity contribution in [1.29, 1.82) is 0 Å². The fraction of sp³-hybridized carbons (Fsp3) is 0.636. The summed E-state index contributed by atoms with van der Waals surface area (Å²) >= 11 is 2.01. The van der Waals surface area contributed by atoms with Crippen LogP contribution in [0.3, 0.4) is 0 Å². The molecule has 1 aliphatic heterocycles. The van der Waals surface area contributed by atoms with Crippen molar-refractivity contribution in [2.45, 2.75) is 37.0 Å². The Morgan fingerprint density at radius 1 is 1.71 bits per heavy atom. The van der Waals surface area contributed by atoms with Gasteiger partial charge in [0, 0.05) is 17.2 Å².